The summed E-state index contributed by atoms with van der Waals surface area (Å²) in [5.74, 6) is 1.03. The molecular formula is C25H34FN3S. The van der Waals surface area contributed by atoms with Gasteiger partial charge in [-0.2, -0.15) is 0 Å². The molecule has 2 aromatic rings. The summed E-state index contributed by atoms with van der Waals surface area (Å²) in [5.41, 5.74) is 6.38. The Hall–Kier alpha value is -2.01. The number of nitrogens with zero attached hydrogens (tertiary/aromatic N) is 2. The topological polar surface area (TPSA) is 29.9 Å². The highest BCUT2D eigenvalue weighted by Crippen LogP contribution is 2.41. The number of rotatable bonds is 9. The summed E-state index contributed by atoms with van der Waals surface area (Å²) in [5, 5.41) is 4.32. The number of unbranched alkanes of at least 4 members (excludes halogenated alkanes) is 1. The number of aryl methyl sites for hydroxylation is 2. The van der Waals surface area contributed by atoms with E-state index in [-0.39, 0.29) is 0 Å². The van der Waals surface area contributed by atoms with Crippen LogP contribution >= 0.6 is 11.8 Å². The van der Waals surface area contributed by atoms with Gasteiger partial charge in [0.25, 0.3) is 0 Å². The zero-order valence-electron chi connectivity index (χ0n) is 18.9. The number of benzene rings is 1. The van der Waals surface area contributed by atoms with E-state index in [0.29, 0.717) is 6.42 Å². The highest BCUT2D eigenvalue weighted by Gasteiger charge is 2.24. The normalized spacial score (nSPS) is 16.1. The van der Waals surface area contributed by atoms with Crippen LogP contribution in [0.5, 0.6) is 0 Å². The molecule has 0 fully saturated rings. The van der Waals surface area contributed by atoms with Gasteiger partial charge < -0.3 is 9.88 Å². The number of imidazole rings is 1. The molecule has 162 valence electrons. The van der Waals surface area contributed by atoms with Gasteiger partial charge in [0, 0.05) is 18.5 Å². The highest BCUT2D eigenvalue weighted by molar-refractivity contribution is 7.99. The van der Waals surface area contributed by atoms with Crippen LogP contribution in [0.4, 0.5) is 10.2 Å². The molecule has 1 aromatic heterocycles. The van der Waals surface area contributed by atoms with Crippen molar-refractivity contribution in [2.24, 2.45) is 0 Å². The molecule has 30 heavy (non-hydrogen) atoms. The third kappa shape index (κ3) is 4.66. The third-order valence-corrected chi connectivity index (χ3v) is 6.95. The number of allylic oxidation sites excluding steroid dienone is 3. The lowest BCUT2D eigenvalue weighted by molar-refractivity contribution is 0.343. The van der Waals surface area contributed by atoms with Crippen LogP contribution in [0.1, 0.15) is 75.0 Å². The van der Waals surface area contributed by atoms with Crippen molar-refractivity contribution < 1.29 is 4.39 Å². The summed E-state index contributed by atoms with van der Waals surface area (Å²) in [7, 11) is 1.95. The Morgan fingerprint density at radius 3 is 2.83 bits per heavy atom. The molecule has 5 heteroatoms. The first kappa shape index (κ1) is 22.7. The Labute approximate surface area is 184 Å². The molecule has 3 rings (SSSR count). The first-order valence-electron chi connectivity index (χ1n) is 11.0. The lowest BCUT2D eigenvalue weighted by atomic mass is 10.1. The monoisotopic (exact) mass is 427 g/mol. The molecule has 0 bridgehead atoms. The first-order chi connectivity index (χ1) is 14.4. The largest absolute Gasteiger partial charge is 0.373 e. The summed E-state index contributed by atoms with van der Waals surface area (Å²) >= 11 is 1.65. The fourth-order valence-electron chi connectivity index (χ4n) is 3.96. The fourth-order valence-corrected chi connectivity index (χ4v) is 4.99. The lowest BCUT2D eigenvalue weighted by Crippen LogP contribution is -2.05. The standard InChI is InChI=1S/C25H34FN3S/c1-7-9-12-29-24(27-6)23(18(5)13-16(3)8-2)28-25(29)30-22-15-20-19(14-17(22)4)10-11-21(20)26/h13-15,21,27H,3,7-12H2,1-2,4-6H3/b18-13-. The summed E-state index contributed by atoms with van der Waals surface area (Å²) < 4.78 is 16.6. The maximum absolute atomic E-state index is 14.3. The van der Waals surface area contributed by atoms with Crippen molar-refractivity contribution in [2.75, 3.05) is 12.4 Å². The number of anilines is 1. The highest BCUT2D eigenvalue weighted by atomic mass is 32.2. The van der Waals surface area contributed by atoms with E-state index in [4.69, 9.17) is 4.98 Å². The van der Waals surface area contributed by atoms with E-state index in [2.05, 4.69) is 56.3 Å². The van der Waals surface area contributed by atoms with E-state index in [1.807, 2.05) is 13.1 Å². The molecular weight excluding hydrogens is 393 g/mol. The Morgan fingerprint density at radius 2 is 2.17 bits per heavy atom. The number of hydrogen-bond acceptors (Lipinski definition) is 3. The lowest BCUT2D eigenvalue weighted by Gasteiger charge is -2.13. The second kappa shape index (κ2) is 9.86. The van der Waals surface area contributed by atoms with Crippen molar-refractivity contribution in [2.45, 2.75) is 82.6 Å². The minimum Gasteiger partial charge on any atom is -0.373 e. The van der Waals surface area contributed by atoms with E-state index in [1.54, 1.807) is 11.8 Å². The predicted octanol–water partition coefficient (Wildman–Crippen LogP) is 7.51. The number of nitrogens with one attached hydrogen (secondary N) is 1. The van der Waals surface area contributed by atoms with Crippen molar-refractivity contribution in [1.82, 2.24) is 9.55 Å². The van der Waals surface area contributed by atoms with Gasteiger partial charge in [-0.15, -0.1) is 0 Å². The van der Waals surface area contributed by atoms with E-state index in [0.717, 1.165) is 76.1 Å². The van der Waals surface area contributed by atoms with E-state index < -0.39 is 6.17 Å². The molecule has 1 unspecified atom stereocenters. The first-order valence-corrected chi connectivity index (χ1v) is 11.8. The summed E-state index contributed by atoms with van der Waals surface area (Å²) in [4.78, 5) is 6.12. The van der Waals surface area contributed by atoms with Gasteiger partial charge in [-0.25, -0.2) is 9.37 Å². The Kier molecular flexibility index (Phi) is 7.45. The number of fused-ring (bicyclic) bond motifs is 1. The molecule has 1 aromatic carbocycles. The van der Waals surface area contributed by atoms with Crippen molar-refractivity contribution in [1.29, 1.82) is 0 Å². The number of aromatic nitrogens is 2. The molecule has 3 nitrogen and oxygen atoms in total. The Balaban J connectivity index is 2.04. The summed E-state index contributed by atoms with van der Waals surface area (Å²) in [6.07, 6.45) is 5.84. The average molecular weight is 428 g/mol. The molecule has 1 aliphatic carbocycles. The van der Waals surface area contributed by atoms with E-state index in [9.17, 15) is 4.39 Å². The van der Waals surface area contributed by atoms with Crippen molar-refractivity contribution in [3.05, 3.63) is 52.7 Å². The maximum atomic E-state index is 14.3. The van der Waals surface area contributed by atoms with Gasteiger partial charge in [-0.05, 0) is 67.9 Å². The molecule has 0 radical (unpaired) electrons. The zero-order valence-corrected chi connectivity index (χ0v) is 19.8. The molecule has 1 heterocycles. The number of halogens is 1. The third-order valence-electron chi connectivity index (χ3n) is 5.80. The van der Waals surface area contributed by atoms with Gasteiger partial charge in [-0.1, -0.05) is 56.3 Å². The Bertz CT molecular complexity index is 958. The molecule has 0 saturated heterocycles. The summed E-state index contributed by atoms with van der Waals surface area (Å²) in [6.45, 7) is 13.5. The molecule has 0 amide bonds. The predicted molar refractivity (Wildman–Crippen MR) is 127 cm³/mol. The van der Waals surface area contributed by atoms with Crippen LogP contribution in [0.2, 0.25) is 0 Å². The number of hydrogen-bond donors (Lipinski definition) is 1. The van der Waals surface area contributed by atoms with Crippen molar-refractivity contribution in [3.8, 4) is 0 Å². The van der Waals surface area contributed by atoms with Gasteiger partial charge >= 0.3 is 0 Å². The maximum Gasteiger partial charge on any atom is 0.175 e. The minimum absolute atomic E-state index is 0.605. The van der Waals surface area contributed by atoms with E-state index >= 15 is 0 Å². The quantitative estimate of drug-likeness (QED) is 0.420. The van der Waals surface area contributed by atoms with Crippen LogP contribution < -0.4 is 5.32 Å². The van der Waals surface area contributed by atoms with Gasteiger partial charge in [-0.3, -0.25) is 0 Å². The molecule has 0 aliphatic heterocycles. The Morgan fingerprint density at radius 1 is 1.40 bits per heavy atom. The molecule has 0 spiro atoms. The van der Waals surface area contributed by atoms with Crippen LogP contribution in [-0.2, 0) is 13.0 Å². The van der Waals surface area contributed by atoms with Crippen molar-refractivity contribution in [3.63, 3.8) is 0 Å². The van der Waals surface area contributed by atoms with Gasteiger partial charge in [0.1, 0.15) is 17.7 Å². The smallest absolute Gasteiger partial charge is 0.175 e. The minimum atomic E-state index is -0.839. The van der Waals surface area contributed by atoms with Crippen molar-refractivity contribution >= 4 is 23.2 Å². The van der Waals surface area contributed by atoms with Crippen LogP contribution in [0.3, 0.4) is 0 Å². The second-order valence-corrected chi connectivity index (χ2v) is 9.12. The average Bonchev–Trinajstić information content (AvgIpc) is 3.26. The molecule has 0 saturated carbocycles. The fraction of sp³-hybridized carbons (Fsp3) is 0.480. The van der Waals surface area contributed by atoms with Gasteiger partial charge in [0.2, 0.25) is 0 Å². The van der Waals surface area contributed by atoms with Gasteiger partial charge in [0.15, 0.2) is 5.16 Å². The second-order valence-electron chi connectivity index (χ2n) is 8.11. The molecule has 1 aliphatic rings. The van der Waals surface area contributed by atoms with Crippen LogP contribution in [0.25, 0.3) is 5.57 Å². The zero-order chi connectivity index (χ0) is 21.8. The van der Waals surface area contributed by atoms with Crippen LogP contribution in [0, 0.1) is 6.92 Å². The van der Waals surface area contributed by atoms with Gasteiger partial charge in [0.05, 0.1) is 0 Å². The van der Waals surface area contributed by atoms with Crippen LogP contribution in [-0.4, -0.2) is 16.6 Å². The molecule has 1 N–H and O–H groups in total. The summed E-state index contributed by atoms with van der Waals surface area (Å²) in [6, 6.07) is 4.21. The SMILES string of the molecule is C=C(/C=C(/C)c1nc(Sc2cc3c(cc2C)CCC3F)n(CCCC)c1NC)CC. The van der Waals surface area contributed by atoms with E-state index in [1.165, 1.54) is 5.56 Å². The number of alkyl halides is 1. The van der Waals surface area contributed by atoms with Crippen LogP contribution in [0.15, 0.2) is 40.4 Å². The molecule has 1 atom stereocenters.